The number of thiophene rings is 1. The maximum Gasteiger partial charge on any atom is 0.0548 e. The number of rotatable bonds is 5. The Morgan fingerprint density at radius 2 is 0.719 bits per heavy atom. The lowest BCUT2D eigenvalue weighted by Gasteiger charge is -2.11. The lowest BCUT2D eigenvalue weighted by Crippen LogP contribution is -1.94. The second-order valence-electron chi connectivity index (χ2n) is 14.9. The molecule has 3 heterocycles. The quantitative estimate of drug-likeness (QED) is 0.166. The number of para-hydroxylation sites is 1. The minimum absolute atomic E-state index is 1.16. The third kappa shape index (κ3) is 5.03. The van der Waals surface area contributed by atoms with E-state index in [2.05, 4.69) is 215 Å². The first-order valence-corrected chi connectivity index (χ1v) is 20.3. The molecule has 0 aliphatic carbocycles. The Morgan fingerprint density at radius 1 is 0.263 bits per heavy atom. The van der Waals surface area contributed by atoms with E-state index in [0.29, 0.717) is 0 Å². The van der Waals surface area contributed by atoms with E-state index in [1.54, 1.807) is 0 Å². The molecule has 3 heteroatoms. The van der Waals surface area contributed by atoms with Gasteiger partial charge in [-0.3, -0.25) is 0 Å². The zero-order valence-corrected chi connectivity index (χ0v) is 31.7. The van der Waals surface area contributed by atoms with Gasteiger partial charge in [-0.05, 0) is 106 Å². The molecule has 0 unspecified atom stereocenters. The summed E-state index contributed by atoms with van der Waals surface area (Å²) in [5, 5.41) is 7.74. The molecule has 57 heavy (non-hydrogen) atoms. The maximum absolute atomic E-state index is 2.45. The van der Waals surface area contributed by atoms with Gasteiger partial charge in [-0.1, -0.05) is 133 Å². The van der Waals surface area contributed by atoms with Gasteiger partial charge >= 0.3 is 0 Å². The highest BCUT2D eigenvalue weighted by Gasteiger charge is 2.20. The predicted octanol–water partition coefficient (Wildman–Crippen LogP) is 15.2. The second kappa shape index (κ2) is 12.7. The molecule has 0 fully saturated rings. The molecular weight excluding hydrogens is 709 g/mol. The summed E-state index contributed by atoms with van der Waals surface area (Å²) in [6, 6.07) is 75.6. The Kier molecular flexibility index (Phi) is 7.13. The van der Waals surface area contributed by atoms with E-state index in [-0.39, 0.29) is 0 Å². The molecule has 0 N–H and O–H groups in total. The molecular formula is C54H34N2S. The van der Waals surface area contributed by atoms with Crippen LogP contribution >= 0.6 is 11.3 Å². The number of benzene rings is 9. The smallest absolute Gasteiger partial charge is 0.0548 e. The zero-order valence-electron chi connectivity index (χ0n) is 30.9. The molecule has 2 nitrogen and oxygen atoms in total. The molecule has 0 atom stereocenters. The van der Waals surface area contributed by atoms with Gasteiger partial charge in [0.05, 0.1) is 22.1 Å². The number of hydrogen-bond acceptors (Lipinski definition) is 1. The minimum atomic E-state index is 1.16. The Hall–Kier alpha value is -7.20. The highest BCUT2D eigenvalue weighted by Crippen LogP contribution is 2.45. The summed E-state index contributed by atoms with van der Waals surface area (Å²) in [6.45, 7) is 0. The molecule has 266 valence electrons. The third-order valence-corrected chi connectivity index (χ3v) is 12.9. The van der Waals surface area contributed by atoms with Crippen LogP contribution in [0.1, 0.15) is 0 Å². The molecule has 0 saturated carbocycles. The molecule has 0 spiro atoms. The third-order valence-electron chi connectivity index (χ3n) is 11.7. The van der Waals surface area contributed by atoms with Crippen molar-refractivity contribution in [1.82, 2.24) is 9.13 Å². The number of aromatic nitrogens is 2. The van der Waals surface area contributed by atoms with Crippen LogP contribution in [0.15, 0.2) is 206 Å². The summed E-state index contributed by atoms with van der Waals surface area (Å²) in [5.41, 5.74) is 14.5. The van der Waals surface area contributed by atoms with Gasteiger partial charge in [0.2, 0.25) is 0 Å². The Bertz CT molecular complexity index is 3480. The summed E-state index contributed by atoms with van der Waals surface area (Å²) < 4.78 is 7.50. The van der Waals surface area contributed by atoms with Gasteiger partial charge < -0.3 is 9.13 Å². The maximum atomic E-state index is 2.45. The van der Waals surface area contributed by atoms with Crippen molar-refractivity contribution in [2.45, 2.75) is 0 Å². The van der Waals surface area contributed by atoms with Gasteiger partial charge in [-0.2, -0.15) is 0 Å². The Labute approximate surface area is 333 Å². The average molecular weight is 743 g/mol. The van der Waals surface area contributed by atoms with Gasteiger partial charge in [-0.15, -0.1) is 11.3 Å². The van der Waals surface area contributed by atoms with Crippen molar-refractivity contribution in [2.75, 3.05) is 0 Å². The topological polar surface area (TPSA) is 9.86 Å². The molecule has 0 radical (unpaired) electrons. The highest BCUT2D eigenvalue weighted by atomic mass is 32.1. The molecule has 12 aromatic rings. The minimum Gasteiger partial charge on any atom is -0.309 e. The van der Waals surface area contributed by atoms with E-state index >= 15 is 0 Å². The van der Waals surface area contributed by atoms with E-state index in [9.17, 15) is 0 Å². The van der Waals surface area contributed by atoms with Crippen molar-refractivity contribution in [2.24, 2.45) is 0 Å². The highest BCUT2D eigenvalue weighted by molar-refractivity contribution is 7.26. The fourth-order valence-corrected chi connectivity index (χ4v) is 10.2. The fraction of sp³-hybridized carbons (Fsp3) is 0. The first-order valence-electron chi connectivity index (χ1n) is 19.5. The lowest BCUT2D eigenvalue weighted by molar-refractivity contribution is 1.18. The molecule has 3 aromatic heterocycles. The molecule has 0 aliphatic rings. The summed E-state index contributed by atoms with van der Waals surface area (Å²) in [7, 11) is 0. The zero-order chi connectivity index (χ0) is 37.5. The first-order chi connectivity index (χ1) is 28.3. The number of fused-ring (bicyclic) bond motifs is 10. The van der Waals surface area contributed by atoms with Crippen molar-refractivity contribution in [3.05, 3.63) is 206 Å². The normalized spacial score (nSPS) is 11.9. The summed E-state index contributed by atoms with van der Waals surface area (Å²) in [6.07, 6.45) is 0. The summed E-state index contributed by atoms with van der Waals surface area (Å²) in [5.74, 6) is 0. The van der Waals surface area contributed by atoms with Crippen molar-refractivity contribution < 1.29 is 0 Å². The molecule has 0 bridgehead atoms. The fourth-order valence-electron chi connectivity index (χ4n) is 9.08. The van der Waals surface area contributed by atoms with E-state index in [1.807, 2.05) is 11.3 Å². The Morgan fingerprint density at radius 3 is 1.37 bits per heavy atom. The van der Waals surface area contributed by atoms with Crippen LogP contribution in [0.4, 0.5) is 0 Å². The number of nitrogens with zero attached hydrogens (tertiary/aromatic N) is 2. The van der Waals surface area contributed by atoms with E-state index in [0.717, 1.165) is 11.4 Å². The molecule has 0 amide bonds. The standard InChI is InChI=1S/C54H34N2S/c1-3-11-35(12-4-1)37-19-25-41(26-20-37)55-47-17-9-7-15-43(47)45-33-39(23-29-48(45)55)40-24-30-49-46(34-40)53-50(31-32-52-54(53)44-16-8-10-18-51(44)57-52)56(49)42-27-21-38(22-28-42)36-13-5-2-6-14-36/h1-34H. The first kappa shape index (κ1) is 32.1. The van der Waals surface area contributed by atoms with Crippen molar-refractivity contribution in [3.63, 3.8) is 0 Å². The van der Waals surface area contributed by atoms with Crippen LogP contribution in [0.3, 0.4) is 0 Å². The molecule has 9 aromatic carbocycles. The summed E-state index contributed by atoms with van der Waals surface area (Å²) >= 11 is 1.88. The van der Waals surface area contributed by atoms with Crippen LogP contribution in [0, 0.1) is 0 Å². The van der Waals surface area contributed by atoms with Crippen LogP contribution < -0.4 is 0 Å². The van der Waals surface area contributed by atoms with Gasteiger partial charge in [-0.25, -0.2) is 0 Å². The van der Waals surface area contributed by atoms with E-state index < -0.39 is 0 Å². The lowest BCUT2D eigenvalue weighted by atomic mass is 9.99. The van der Waals surface area contributed by atoms with Crippen LogP contribution in [-0.2, 0) is 0 Å². The van der Waals surface area contributed by atoms with Crippen molar-refractivity contribution in [1.29, 1.82) is 0 Å². The Balaban J connectivity index is 1.05. The van der Waals surface area contributed by atoms with Crippen LogP contribution in [0.25, 0.3) is 109 Å². The van der Waals surface area contributed by atoms with Crippen LogP contribution in [0.2, 0.25) is 0 Å². The van der Waals surface area contributed by atoms with E-state index in [1.165, 1.54) is 97.2 Å². The second-order valence-corrected chi connectivity index (χ2v) is 16.0. The van der Waals surface area contributed by atoms with E-state index in [4.69, 9.17) is 0 Å². The van der Waals surface area contributed by atoms with Gasteiger partial charge in [0.25, 0.3) is 0 Å². The van der Waals surface area contributed by atoms with Crippen LogP contribution in [-0.4, -0.2) is 9.13 Å². The molecule has 0 aliphatic heterocycles. The number of hydrogen-bond donors (Lipinski definition) is 0. The SMILES string of the molecule is c1ccc(-c2ccc(-n3c4ccccc4c4cc(-c5ccc6c(c5)c5c7c(ccc5n6-c5ccc(-c6ccccc6)cc5)sc5ccccc57)ccc43)cc2)cc1. The molecule has 0 saturated heterocycles. The molecule has 12 rings (SSSR count). The van der Waals surface area contributed by atoms with Crippen molar-refractivity contribution >= 4 is 75.1 Å². The van der Waals surface area contributed by atoms with Crippen molar-refractivity contribution in [3.8, 4) is 44.8 Å². The summed E-state index contributed by atoms with van der Waals surface area (Å²) in [4.78, 5) is 0. The predicted molar refractivity (Wildman–Crippen MR) is 244 cm³/mol. The largest absolute Gasteiger partial charge is 0.309 e. The average Bonchev–Trinajstić information content (AvgIpc) is 3.94. The van der Waals surface area contributed by atoms with Crippen LogP contribution in [0.5, 0.6) is 0 Å². The monoisotopic (exact) mass is 742 g/mol. The van der Waals surface area contributed by atoms with Gasteiger partial charge in [0.1, 0.15) is 0 Å². The van der Waals surface area contributed by atoms with Gasteiger partial charge in [0.15, 0.2) is 0 Å². The van der Waals surface area contributed by atoms with Gasteiger partial charge in [0, 0.05) is 53.1 Å².